The number of fused-ring (bicyclic) bond motifs is 1. The quantitative estimate of drug-likeness (QED) is 0.848. The molecule has 1 amide bonds. The lowest BCUT2D eigenvalue weighted by atomic mass is 9.83. The molecule has 1 atom stereocenters. The van der Waals surface area contributed by atoms with Gasteiger partial charge in [-0.1, -0.05) is 24.3 Å². The molecule has 114 valence electrons. The zero-order valence-electron chi connectivity index (χ0n) is 12.5. The number of alkyl halides is 1. The zero-order chi connectivity index (χ0) is 14.7. The van der Waals surface area contributed by atoms with Crippen LogP contribution >= 0.6 is 11.6 Å². The van der Waals surface area contributed by atoms with Gasteiger partial charge in [0, 0.05) is 17.8 Å². The summed E-state index contributed by atoms with van der Waals surface area (Å²) in [5.74, 6) is 1.03. The van der Waals surface area contributed by atoms with Gasteiger partial charge in [-0.3, -0.25) is 4.79 Å². The molecule has 1 saturated carbocycles. The van der Waals surface area contributed by atoms with Gasteiger partial charge in [0.2, 0.25) is 5.91 Å². The Kier molecular flexibility index (Phi) is 4.84. The average Bonchev–Trinajstić information content (AvgIpc) is 2.53. The summed E-state index contributed by atoms with van der Waals surface area (Å²) in [6.45, 7) is 0.834. The second-order valence-corrected chi connectivity index (χ2v) is 7.19. The molecule has 3 rings (SSSR count). The number of aryl methyl sites for hydroxylation is 1. The van der Waals surface area contributed by atoms with Crippen molar-refractivity contribution in [3.05, 3.63) is 35.4 Å². The van der Waals surface area contributed by atoms with Gasteiger partial charge in [0.15, 0.2) is 0 Å². The van der Waals surface area contributed by atoms with E-state index in [1.165, 1.54) is 11.1 Å². The average molecular weight is 306 g/mol. The Balaban J connectivity index is 1.48. The monoisotopic (exact) mass is 305 g/mol. The second-order valence-electron chi connectivity index (χ2n) is 6.57. The summed E-state index contributed by atoms with van der Waals surface area (Å²) in [7, 11) is 0. The van der Waals surface area contributed by atoms with Crippen LogP contribution in [0.25, 0.3) is 0 Å². The van der Waals surface area contributed by atoms with E-state index >= 15 is 0 Å². The zero-order valence-corrected chi connectivity index (χ0v) is 13.2. The molecular formula is C18H24ClNO. The van der Waals surface area contributed by atoms with Gasteiger partial charge in [-0.05, 0) is 62.0 Å². The Labute approximate surface area is 132 Å². The number of hydrogen-bond acceptors (Lipinski definition) is 1. The van der Waals surface area contributed by atoms with E-state index in [0.29, 0.717) is 11.3 Å². The van der Waals surface area contributed by atoms with E-state index in [-0.39, 0.29) is 11.8 Å². The van der Waals surface area contributed by atoms with Crippen LogP contribution in [0.1, 0.15) is 43.2 Å². The maximum absolute atomic E-state index is 12.4. The molecule has 1 unspecified atom stereocenters. The summed E-state index contributed by atoms with van der Waals surface area (Å²) in [6, 6.07) is 8.51. The fraction of sp³-hybridized carbons (Fsp3) is 0.611. The van der Waals surface area contributed by atoms with Gasteiger partial charge in [-0.2, -0.15) is 0 Å². The van der Waals surface area contributed by atoms with Gasteiger partial charge in [0.25, 0.3) is 0 Å². The van der Waals surface area contributed by atoms with Crippen molar-refractivity contribution in [1.82, 2.24) is 5.32 Å². The minimum Gasteiger partial charge on any atom is -0.356 e. The van der Waals surface area contributed by atoms with Crippen molar-refractivity contribution < 1.29 is 4.79 Å². The molecule has 2 aliphatic rings. The van der Waals surface area contributed by atoms with E-state index in [0.717, 1.165) is 51.5 Å². The fourth-order valence-electron chi connectivity index (χ4n) is 3.64. The summed E-state index contributed by atoms with van der Waals surface area (Å²) in [5.41, 5.74) is 2.77. The maximum Gasteiger partial charge on any atom is 0.223 e. The van der Waals surface area contributed by atoms with Crippen LogP contribution in [0.3, 0.4) is 0 Å². The number of rotatable bonds is 3. The largest absolute Gasteiger partial charge is 0.356 e. The Morgan fingerprint density at radius 3 is 2.57 bits per heavy atom. The van der Waals surface area contributed by atoms with Crippen molar-refractivity contribution in [3.8, 4) is 0 Å². The van der Waals surface area contributed by atoms with Crippen molar-refractivity contribution in [2.45, 2.75) is 50.3 Å². The van der Waals surface area contributed by atoms with Crippen LogP contribution in [-0.2, 0) is 17.6 Å². The van der Waals surface area contributed by atoms with Crippen LogP contribution in [0, 0.1) is 11.8 Å². The Bertz CT molecular complexity index is 494. The van der Waals surface area contributed by atoms with Crippen molar-refractivity contribution in [1.29, 1.82) is 0 Å². The van der Waals surface area contributed by atoms with E-state index < -0.39 is 0 Å². The van der Waals surface area contributed by atoms with Gasteiger partial charge in [-0.15, -0.1) is 11.6 Å². The van der Waals surface area contributed by atoms with E-state index in [1.54, 1.807) is 0 Å². The third-order valence-electron chi connectivity index (χ3n) is 5.06. The summed E-state index contributed by atoms with van der Waals surface area (Å²) < 4.78 is 0. The number of benzene rings is 1. The lowest BCUT2D eigenvalue weighted by Crippen LogP contribution is -2.37. The van der Waals surface area contributed by atoms with E-state index in [1.807, 2.05) is 0 Å². The standard InChI is InChI=1S/C18H24ClNO/c19-17-9-5-13(6-10-17)12-20-18(21)16-8-7-14-3-1-2-4-15(14)11-16/h1-4,13,16-17H,5-12H2,(H,20,21). The van der Waals surface area contributed by atoms with Crippen molar-refractivity contribution >= 4 is 17.5 Å². The van der Waals surface area contributed by atoms with Crippen LogP contribution in [0.2, 0.25) is 0 Å². The maximum atomic E-state index is 12.4. The molecule has 21 heavy (non-hydrogen) atoms. The molecule has 0 radical (unpaired) electrons. The third kappa shape index (κ3) is 3.79. The van der Waals surface area contributed by atoms with Crippen LogP contribution < -0.4 is 5.32 Å². The molecule has 3 heteroatoms. The van der Waals surface area contributed by atoms with Crippen LogP contribution in [0.15, 0.2) is 24.3 Å². The minimum absolute atomic E-state index is 0.157. The molecule has 0 spiro atoms. The topological polar surface area (TPSA) is 29.1 Å². The normalized spacial score (nSPS) is 28.7. The van der Waals surface area contributed by atoms with Crippen molar-refractivity contribution in [3.63, 3.8) is 0 Å². The molecule has 2 nitrogen and oxygen atoms in total. The number of carbonyl (C=O) groups is 1. The highest BCUT2D eigenvalue weighted by atomic mass is 35.5. The Hall–Kier alpha value is -1.02. The first-order chi connectivity index (χ1) is 10.2. The lowest BCUT2D eigenvalue weighted by molar-refractivity contribution is -0.125. The Morgan fingerprint density at radius 2 is 1.81 bits per heavy atom. The van der Waals surface area contributed by atoms with Gasteiger partial charge in [-0.25, -0.2) is 0 Å². The van der Waals surface area contributed by atoms with Gasteiger partial charge >= 0.3 is 0 Å². The molecule has 1 fully saturated rings. The first-order valence-electron chi connectivity index (χ1n) is 8.21. The van der Waals surface area contributed by atoms with Gasteiger partial charge < -0.3 is 5.32 Å². The van der Waals surface area contributed by atoms with Gasteiger partial charge in [0.1, 0.15) is 0 Å². The number of hydrogen-bond donors (Lipinski definition) is 1. The van der Waals surface area contributed by atoms with E-state index in [9.17, 15) is 4.79 Å². The fourth-order valence-corrected chi connectivity index (χ4v) is 3.89. The molecule has 0 aromatic heterocycles. The number of carbonyl (C=O) groups excluding carboxylic acids is 1. The van der Waals surface area contributed by atoms with Crippen LogP contribution in [-0.4, -0.2) is 17.8 Å². The van der Waals surface area contributed by atoms with E-state index in [2.05, 4.69) is 29.6 Å². The molecular weight excluding hydrogens is 282 g/mol. The third-order valence-corrected chi connectivity index (χ3v) is 5.50. The predicted octanol–water partition coefficient (Wildman–Crippen LogP) is 3.71. The SMILES string of the molecule is O=C(NCC1CCC(Cl)CC1)C1CCc2ccccc2C1. The molecule has 2 aliphatic carbocycles. The summed E-state index contributed by atoms with van der Waals surface area (Å²) >= 11 is 6.13. The molecule has 1 aromatic rings. The summed E-state index contributed by atoms with van der Waals surface area (Å²) in [6.07, 6.45) is 7.42. The molecule has 0 heterocycles. The predicted molar refractivity (Wildman–Crippen MR) is 86.6 cm³/mol. The highest BCUT2D eigenvalue weighted by Gasteiger charge is 2.25. The van der Waals surface area contributed by atoms with Crippen LogP contribution in [0.4, 0.5) is 0 Å². The van der Waals surface area contributed by atoms with Crippen molar-refractivity contribution in [2.24, 2.45) is 11.8 Å². The van der Waals surface area contributed by atoms with Gasteiger partial charge in [0.05, 0.1) is 0 Å². The first-order valence-corrected chi connectivity index (χ1v) is 8.64. The van der Waals surface area contributed by atoms with Crippen molar-refractivity contribution in [2.75, 3.05) is 6.54 Å². The summed E-state index contributed by atoms with van der Waals surface area (Å²) in [4.78, 5) is 12.4. The Morgan fingerprint density at radius 1 is 1.10 bits per heavy atom. The lowest BCUT2D eigenvalue weighted by Gasteiger charge is -2.27. The molecule has 1 aromatic carbocycles. The smallest absolute Gasteiger partial charge is 0.223 e. The summed E-state index contributed by atoms with van der Waals surface area (Å²) in [5, 5.41) is 3.54. The highest BCUT2D eigenvalue weighted by molar-refractivity contribution is 6.20. The van der Waals surface area contributed by atoms with Crippen LogP contribution in [0.5, 0.6) is 0 Å². The first kappa shape index (κ1) is 14.9. The number of halogens is 1. The highest BCUT2D eigenvalue weighted by Crippen LogP contribution is 2.28. The second kappa shape index (κ2) is 6.83. The minimum atomic E-state index is 0.157. The molecule has 0 aliphatic heterocycles. The van der Waals surface area contributed by atoms with E-state index in [4.69, 9.17) is 11.6 Å². The molecule has 0 saturated heterocycles. The molecule has 0 bridgehead atoms. The number of amides is 1. The number of nitrogens with one attached hydrogen (secondary N) is 1. The molecule has 1 N–H and O–H groups in total.